The number of hydrogen-bond acceptors (Lipinski definition) is 9. The Hall–Kier alpha value is -9.64. The minimum atomic E-state index is -2.35. The summed E-state index contributed by atoms with van der Waals surface area (Å²) in [5.74, 6) is 2.30. The molecule has 0 bridgehead atoms. The zero-order valence-electron chi connectivity index (χ0n) is 48.0. The Balaban J connectivity index is 0.0000000891. The van der Waals surface area contributed by atoms with Gasteiger partial charge in [-0.25, -0.2) is 24.5 Å². The van der Waals surface area contributed by atoms with E-state index in [1.165, 1.54) is 67.7 Å². The van der Waals surface area contributed by atoms with Crippen LogP contribution < -0.4 is 18.3 Å². The van der Waals surface area contributed by atoms with Gasteiger partial charge < -0.3 is 22.4 Å². The summed E-state index contributed by atoms with van der Waals surface area (Å²) in [4.78, 5) is 20.1. The highest BCUT2D eigenvalue weighted by Crippen LogP contribution is 2.42. The standard InChI is InChI=1S/2C17H13N2O.C15H11N4O.C14H8N3S2/c2*1-18-14-9-5-4-8-13(14)15-17(18)20-16-12-7-3-2-6-11(12)10-19(15)16;1-18-13-10(5-3-7-17-13)12-14(18)19-8-9-4-2-6-16-11(9)15(19)20-12;1-3-8-7-17-13(10(8)15-5-1)18-11-9-4-2-6-16-12(9)19-14(11)17/h2*2-9H,10H2,1H3;2-7H,8H2,1H3;1-6H,7H2/q4*+1/i1D3;;1D3;. The normalized spacial score (nSPS) is 14.5. The molecule has 16 heterocycles. The molecule has 4 aromatic carbocycles. The number of pyridine rings is 4. The summed E-state index contributed by atoms with van der Waals surface area (Å²) in [5, 5.41) is 5.40. The van der Waals surface area contributed by atoms with Gasteiger partial charge >= 0.3 is 23.3 Å². The van der Waals surface area contributed by atoms with Crippen LogP contribution in [0.5, 0.6) is 0 Å². The fourth-order valence-electron chi connectivity index (χ4n) is 12.1. The van der Waals surface area contributed by atoms with Gasteiger partial charge in [0.1, 0.15) is 16.1 Å². The van der Waals surface area contributed by atoms with E-state index < -0.39 is 14.0 Å². The zero-order chi connectivity index (χ0) is 57.2. The van der Waals surface area contributed by atoms with Crippen LogP contribution in [0.15, 0.2) is 184 Å². The molecular weight excluding hydrogens is 1020 g/mol. The van der Waals surface area contributed by atoms with Gasteiger partial charge in [0.25, 0.3) is 32.3 Å². The van der Waals surface area contributed by atoms with E-state index in [1.807, 2.05) is 101 Å². The number of benzene rings is 4. The highest BCUT2D eigenvalue weighted by Gasteiger charge is 2.40. The molecule has 0 N–H and O–H groups in total. The third-order valence-corrected chi connectivity index (χ3v) is 18.2. The second-order valence-corrected chi connectivity index (χ2v) is 22.0. The molecule has 0 amide bonds. The highest BCUT2D eigenvalue weighted by atomic mass is 32.1. The molecule has 16 heteroatoms. The van der Waals surface area contributed by atoms with Crippen molar-refractivity contribution >= 4 is 109 Å². The maximum atomic E-state index is 7.90. The molecular formula is C63H45N11O3S2+4. The van der Waals surface area contributed by atoms with Crippen molar-refractivity contribution in [1.82, 2.24) is 33.6 Å². The van der Waals surface area contributed by atoms with Crippen molar-refractivity contribution in [2.75, 3.05) is 0 Å². The van der Waals surface area contributed by atoms with Crippen molar-refractivity contribution in [3.8, 4) is 45.2 Å². The van der Waals surface area contributed by atoms with Crippen molar-refractivity contribution in [3.63, 3.8) is 0 Å². The van der Waals surface area contributed by atoms with Crippen LogP contribution >= 0.6 is 22.7 Å². The van der Waals surface area contributed by atoms with Crippen molar-refractivity contribution in [2.24, 2.45) is 21.0 Å². The quantitative estimate of drug-likeness (QED) is 0.139. The van der Waals surface area contributed by atoms with Crippen LogP contribution in [0.4, 0.5) is 0 Å². The maximum absolute atomic E-state index is 7.90. The molecule has 378 valence electrons. The predicted octanol–water partition coefficient (Wildman–Crippen LogP) is 11.7. The number of para-hydroxylation sites is 2. The third-order valence-electron chi connectivity index (χ3n) is 15.7. The van der Waals surface area contributed by atoms with Gasteiger partial charge in [0.15, 0.2) is 31.0 Å². The first-order valence-corrected chi connectivity index (χ1v) is 27.4. The van der Waals surface area contributed by atoms with E-state index in [0.717, 1.165) is 68.8 Å². The van der Waals surface area contributed by atoms with E-state index in [2.05, 4.69) is 112 Å². The molecule has 0 radical (unpaired) electrons. The number of aryl methyl sites for hydroxylation is 3. The summed E-state index contributed by atoms with van der Waals surface area (Å²) in [7, 11) is 2.07. The first kappa shape index (κ1) is 38.8. The van der Waals surface area contributed by atoms with Gasteiger partial charge in [-0.1, -0.05) is 78.1 Å². The molecule has 0 atom stereocenters. The molecule has 4 aliphatic rings. The largest absolute Gasteiger partial charge is 0.412 e. The number of fused-ring (bicyclic) bond motifs is 28. The van der Waals surface area contributed by atoms with Crippen molar-refractivity contribution in [1.29, 1.82) is 0 Å². The van der Waals surface area contributed by atoms with Crippen molar-refractivity contribution in [3.05, 3.63) is 193 Å². The van der Waals surface area contributed by atoms with Gasteiger partial charge in [0.05, 0.1) is 55.0 Å². The van der Waals surface area contributed by atoms with Gasteiger partial charge in [-0.3, -0.25) is 0 Å². The lowest BCUT2D eigenvalue weighted by atomic mass is 10.1. The van der Waals surface area contributed by atoms with E-state index in [0.29, 0.717) is 52.5 Å². The highest BCUT2D eigenvalue weighted by molar-refractivity contribution is 7.32. The maximum Gasteiger partial charge on any atom is 0.383 e. The summed E-state index contributed by atoms with van der Waals surface area (Å²) in [6.07, 6.45) is 7.04. The monoisotopic (exact) mass is 1070 g/mol. The molecule has 4 aliphatic heterocycles. The SMILES string of the molecule is Cn1c2ccccc2c2c1oc1[n+]2Cc2ccccc2-1.[2H]C([2H])([2H])n1c2ccccc2c2c1oc1[n+]2Cc2ccccc2-1.[2H]C([2H])([2H])n1c2ncccc2c2oc3[n+](c21)Cc1cccnc1-3.c1cnc2c(c1)C[n+]1c-2sc2c3cccnc3sc21. The molecule has 79 heavy (non-hydrogen) atoms. The molecule has 0 saturated carbocycles. The summed E-state index contributed by atoms with van der Waals surface area (Å²) in [5.41, 5.74) is 15.8. The van der Waals surface area contributed by atoms with Crippen LogP contribution in [0.2, 0.25) is 0 Å². The lowest BCUT2D eigenvalue weighted by molar-refractivity contribution is -0.652. The van der Waals surface area contributed by atoms with Crippen LogP contribution in [0.1, 0.15) is 30.5 Å². The fourth-order valence-corrected chi connectivity index (χ4v) is 14.8. The third kappa shape index (κ3) is 6.31. The van der Waals surface area contributed by atoms with Gasteiger partial charge in [0.2, 0.25) is 11.2 Å². The lowest BCUT2D eigenvalue weighted by Gasteiger charge is -1.93. The molecule has 0 aliphatic carbocycles. The van der Waals surface area contributed by atoms with E-state index >= 15 is 0 Å². The Bertz CT molecular complexity index is 5470. The minimum absolute atomic E-state index is 0.403. The second-order valence-electron chi connectivity index (χ2n) is 20.0. The van der Waals surface area contributed by atoms with E-state index in [-0.39, 0.29) is 0 Å². The number of rotatable bonds is 0. The molecule has 0 saturated heterocycles. The molecule has 0 spiro atoms. The first-order valence-electron chi connectivity index (χ1n) is 28.8. The average Bonchev–Trinajstić information content (AvgIpc) is 1.67. The van der Waals surface area contributed by atoms with Crippen LogP contribution in [-0.4, -0.2) is 33.6 Å². The Kier molecular flexibility index (Phi) is 8.20. The Morgan fingerprint density at radius 3 is 1.71 bits per heavy atom. The van der Waals surface area contributed by atoms with E-state index in [4.69, 9.17) is 21.5 Å². The van der Waals surface area contributed by atoms with Crippen LogP contribution in [0.3, 0.4) is 0 Å². The molecule has 0 fully saturated rings. The summed E-state index contributed by atoms with van der Waals surface area (Å²) >= 11 is 3.61. The summed E-state index contributed by atoms with van der Waals surface area (Å²) in [6, 6.07) is 48.3. The van der Waals surface area contributed by atoms with Gasteiger partial charge in [-0.2, -0.15) is 9.13 Å². The van der Waals surface area contributed by atoms with E-state index in [9.17, 15) is 0 Å². The minimum Gasteiger partial charge on any atom is -0.412 e. The van der Waals surface area contributed by atoms with Crippen LogP contribution in [-0.2, 0) is 47.2 Å². The van der Waals surface area contributed by atoms with Gasteiger partial charge in [-0.15, -0.1) is 9.13 Å². The molecule has 16 aromatic rings. The Labute approximate surface area is 465 Å². The van der Waals surface area contributed by atoms with Crippen LogP contribution in [0.25, 0.3) is 131 Å². The van der Waals surface area contributed by atoms with Crippen molar-refractivity contribution in [2.45, 2.75) is 26.2 Å². The predicted molar refractivity (Wildman–Crippen MR) is 305 cm³/mol. The zero-order valence-corrected chi connectivity index (χ0v) is 43.6. The number of oxazole rings is 3. The first-order chi connectivity index (χ1) is 41.4. The number of thiophene rings is 1. The molecule has 12 aromatic heterocycles. The Morgan fingerprint density at radius 1 is 0.468 bits per heavy atom. The lowest BCUT2D eigenvalue weighted by Crippen LogP contribution is -2.32. The number of hydrogen-bond donors (Lipinski definition) is 0. The number of nitrogens with zero attached hydrogens (tertiary/aromatic N) is 11. The molecule has 20 rings (SSSR count). The van der Waals surface area contributed by atoms with Gasteiger partial charge in [0, 0.05) is 65.0 Å². The summed E-state index contributed by atoms with van der Waals surface area (Å²) < 4.78 is 80.3. The van der Waals surface area contributed by atoms with E-state index in [1.54, 1.807) is 29.8 Å². The average molecular weight is 1070 g/mol. The van der Waals surface area contributed by atoms with Gasteiger partial charge in [-0.05, 0) is 90.2 Å². The smallest absolute Gasteiger partial charge is 0.383 e. The topological polar surface area (TPSA) is 121 Å². The summed E-state index contributed by atoms with van der Waals surface area (Å²) in [6.45, 7) is -1.56. The molecule has 0 unspecified atom stereocenters. The number of thiazole rings is 1. The van der Waals surface area contributed by atoms with Crippen molar-refractivity contribution < 1.29 is 39.7 Å². The number of aromatic nitrogens is 11. The fraction of sp³-hybridized carbons (Fsp3) is 0.111. The Morgan fingerprint density at radius 2 is 1.00 bits per heavy atom. The second kappa shape index (κ2) is 16.7. The van der Waals surface area contributed by atoms with Crippen LogP contribution in [0, 0.1) is 0 Å². The molecule has 14 nitrogen and oxygen atoms in total.